The van der Waals surface area contributed by atoms with Gasteiger partial charge >= 0.3 is 5.97 Å². The number of ether oxygens (including phenoxy) is 1. The van der Waals surface area contributed by atoms with E-state index in [1.165, 1.54) is 24.3 Å². The summed E-state index contributed by atoms with van der Waals surface area (Å²) in [4.78, 5) is 24.7. The van der Waals surface area contributed by atoms with Crippen LogP contribution >= 0.6 is 0 Å². The van der Waals surface area contributed by atoms with Crippen molar-refractivity contribution in [2.24, 2.45) is 0 Å². The van der Waals surface area contributed by atoms with E-state index in [1.54, 1.807) is 0 Å². The van der Waals surface area contributed by atoms with Crippen molar-refractivity contribution in [2.75, 3.05) is 11.9 Å². The number of benzene rings is 2. The molecule has 0 atom stereocenters. The molecule has 0 spiro atoms. The Morgan fingerprint density at radius 1 is 1.13 bits per heavy atom. The van der Waals surface area contributed by atoms with E-state index in [2.05, 4.69) is 10.0 Å². The summed E-state index contributed by atoms with van der Waals surface area (Å²) in [6.45, 7) is 5.49. The van der Waals surface area contributed by atoms with Crippen molar-refractivity contribution in [1.29, 1.82) is 0 Å². The maximum absolute atomic E-state index is 12.3. The molecule has 2 N–H and O–H groups in total. The number of sulfonamides is 1. The van der Waals surface area contributed by atoms with Crippen molar-refractivity contribution >= 4 is 27.6 Å². The third-order valence-electron chi connectivity index (χ3n) is 4.81. The number of rotatable bonds is 8. The zero-order valence-electron chi connectivity index (χ0n) is 17.3. The first-order chi connectivity index (χ1) is 14.2. The number of para-hydroxylation sites is 1. The average Bonchev–Trinajstić information content (AvgIpc) is 3.51. The summed E-state index contributed by atoms with van der Waals surface area (Å²) in [6.07, 6.45) is 1.63. The van der Waals surface area contributed by atoms with Crippen molar-refractivity contribution in [1.82, 2.24) is 4.72 Å². The lowest BCUT2D eigenvalue weighted by molar-refractivity contribution is -0.119. The Hall–Kier alpha value is -2.71. The molecule has 1 fully saturated rings. The van der Waals surface area contributed by atoms with E-state index in [-0.39, 0.29) is 22.4 Å². The SMILES string of the molecule is Cc1cccc(C(C)C)c1NC(=O)COC(=O)c1cccc(S(=O)(=O)NC2CC2)c1. The Morgan fingerprint density at radius 2 is 1.83 bits per heavy atom. The van der Waals surface area contributed by atoms with E-state index in [0.29, 0.717) is 5.69 Å². The number of esters is 1. The van der Waals surface area contributed by atoms with Crippen LogP contribution in [0.5, 0.6) is 0 Å². The quantitative estimate of drug-likeness (QED) is 0.626. The second-order valence-electron chi connectivity index (χ2n) is 7.74. The maximum Gasteiger partial charge on any atom is 0.338 e. The largest absolute Gasteiger partial charge is 0.452 e. The highest BCUT2D eigenvalue weighted by Crippen LogP contribution is 2.27. The van der Waals surface area contributed by atoms with Crippen LogP contribution in [-0.2, 0) is 19.6 Å². The number of hydrogen-bond acceptors (Lipinski definition) is 5. The molecule has 0 heterocycles. The molecule has 0 aliphatic heterocycles. The standard InChI is InChI=1S/C22H26N2O5S/c1-14(2)19-9-4-6-15(3)21(19)23-20(25)13-29-22(26)16-7-5-8-18(12-16)30(27,28)24-17-10-11-17/h4-9,12,14,17,24H,10-11,13H2,1-3H3,(H,23,25). The maximum atomic E-state index is 12.3. The highest BCUT2D eigenvalue weighted by Gasteiger charge is 2.28. The second-order valence-corrected chi connectivity index (χ2v) is 9.46. The molecule has 1 saturated carbocycles. The fraction of sp³-hybridized carbons (Fsp3) is 0.364. The molecular weight excluding hydrogens is 404 g/mol. The molecule has 1 amide bonds. The molecule has 7 nitrogen and oxygen atoms in total. The Bertz CT molecular complexity index is 1060. The van der Waals surface area contributed by atoms with E-state index < -0.39 is 28.5 Å². The van der Waals surface area contributed by atoms with Crippen LogP contribution < -0.4 is 10.0 Å². The van der Waals surface area contributed by atoms with Crippen LogP contribution in [0.1, 0.15) is 54.1 Å². The van der Waals surface area contributed by atoms with Crippen LogP contribution in [0.4, 0.5) is 5.69 Å². The number of amides is 1. The Kier molecular flexibility index (Phi) is 6.58. The molecular formula is C22H26N2O5S. The molecule has 0 bridgehead atoms. The van der Waals surface area contributed by atoms with Gasteiger partial charge in [-0.15, -0.1) is 0 Å². The van der Waals surface area contributed by atoms with E-state index in [0.717, 1.165) is 24.0 Å². The molecule has 0 unspecified atom stereocenters. The van der Waals surface area contributed by atoms with Gasteiger partial charge in [-0.25, -0.2) is 17.9 Å². The van der Waals surface area contributed by atoms with Crippen molar-refractivity contribution in [2.45, 2.75) is 50.5 Å². The molecule has 30 heavy (non-hydrogen) atoms. The highest BCUT2D eigenvalue weighted by molar-refractivity contribution is 7.89. The molecule has 3 rings (SSSR count). The van der Waals surface area contributed by atoms with Gasteiger partial charge in [-0.1, -0.05) is 38.1 Å². The van der Waals surface area contributed by atoms with Gasteiger partial charge in [-0.2, -0.15) is 0 Å². The summed E-state index contributed by atoms with van der Waals surface area (Å²) in [5.74, 6) is -1.00. The highest BCUT2D eigenvalue weighted by atomic mass is 32.2. The van der Waals surface area contributed by atoms with Crippen LogP contribution in [-0.4, -0.2) is 32.9 Å². The van der Waals surface area contributed by atoms with Crippen LogP contribution in [0.2, 0.25) is 0 Å². The first-order valence-corrected chi connectivity index (χ1v) is 11.3. The second kappa shape index (κ2) is 8.97. The topological polar surface area (TPSA) is 102 Å². The summed E-state index contributed by atoms with van der Waals surface area (Å²) in [7, 11) is -3.68. The van der Waals surface area contributed by atoms with Gasteiger partial charge in [0.1, 0.15) is 0 Å². The van der Waals surface area contributed by atoms with Gasteiger partial charge in [0.25, 0.3) is 5.91 Å². The molecule has 0 aromatic heterocycles. The molecule has 2 aromatic carbocycles. The van der Waals surface area contributed by atoms with E-state index in [1.807, 2.05) is 39.0 Å². The summed E-state index contributed by atoms with van der Waals surface area (Å²) in [6, 6.07) is 11.3. The fourth-order valence-electron chi connectivity index (χ4n) is 3.01. The molecule has 1 aliphatic rings. The van der Waals surface area contributed by atoms with Crippen molar-refractivity contribution < 1.29 is 22.7 Å². The average molecular weight is 431 g/mol. The molecule has 2 aromatic rings. The molecule has 0 saturated heterocycles. The minimum atomic E-state index is -3.68. The molecule has 8 heteroatoms. The monoisotopic (exact) mass is 430 g/mol. The van der Waals surface area contributed by atoms with Gasteiger partial charge in [0.2, 0.25) is 10.0 Å². The van der Waals surface area contributed by atoms with Crippen LogP contribution in [0, 0.1) is 6.92 Å². The summed E-state index contributed by atoms with van der Waals surface area (Å²) in [5.41, 5.74) is 2.70. The molecule has 1 aliphatic carbocycles. The first-order valence-electron chi connectivity index (χ1n) is 9.86. The molecule has 0 radical (unpaired) electrons. The Morgan fingerprint density at radius 3 is 2.50 bits per heavy atom. The minimum absolute atomic E-state index is 0.00483. The number of nitrogens with one attached hydrogen (secondary N) is 2. The van der Waals surface area contributed by atoms with Gasteiger partial charge < -0.3 is 10.1 Å². The van der Waals surface area contributed by atoms with E-state index >= 15 is 0 Å². The van der Waals surface area contributed by atoms with Crippen LogP contribution in [0.15, 0.2) is 47.4 Å². The number of aryl methyl sites for hydroxylation is 1. The lowest BCUT2D eigenvalue weighted by atomic mass is 9.98. The zero-order valence-corrected chi connectivity index (χ0v) is 18.1. The van der Waals surface area contributed by atoms with E-state index in [4.69, 9.17) is 4.74 Å². The van der Waals surface area contributed by atoms with Gasteiger partial charge in [0.05, 0.1) is 10.5 Å². The van der Waals surface area contributed by atoms with Crippen molar-refractivity contribution in [3.8, 4) is 0 Å². The van der Waals surface area contributed by atoms with Gasteiger partial charge in [0.15, 0.2) is 6.61 Å². The van der Waals surface area contributed by atoms with E-state index in [9.17, 15) is 18.0 Å². The van der Waals surface area contributed by atoms with Crippen molar-refractivity contribution in [3.63, 3.8) is 0 Å². The van der Waals surface area contributed by atoms with Gasteiger partial charge in [-0.05, 0) is 55.0 Å². The number of carbonyl (C=O) groups is 2. The summed E-state index contributed by atoms with van der Waals surface area (Å²) >= 11 is 0. The van der Waals surface area contributed by atoms with Crippen LogP contribution in [0.25, 0.3) is 0 Å². The summed E-state index contributed by atoms with van der Waals surface area (Å²) in [5, 5.41) is 2.81. The number of anilines is 1. The Labute approximate surface area is 176 Å². The first kappa shape index (κ1) is 22.0. The zero-order chi connectivity index (χ0) is 21.9. The van der Waals surface area contributed by atoms with Crippen LogP contribution in [0.3, 0.4) is 0 Å². The lowest BCUT2D eigenvalue weighted by Gasteiger charge is -2.16. The number of hydrogen-bond donors (Lipinski definition) is 2. The van der Waals surface area contributed by atoms with Gasteiger partial charge in [0, 0.05) is 11.7 Å². The minimum Gasteiger partial charge on any atom is -0.452 e. The third-order valence-corrected chi connectivity index (χ3v) is 6.32. The number of carbonyl (C=O) groups excluding carboxylic acids is 2. The summed E-state index contributed by atoms with van der Waals surface area (Å²) < 4.78 is 32.3. The normalized spacial score (nSPS) is 13.9. The predicted octanol–water partition coefficient (Wildman–Crippen LogP) is 3.35. The Balaban J connectivity index is 1.64. The smallest absolute Gasteiger partial charge is 0.338 e. The molecule has 160 valence electrons. The lowest BCUT2D eigenvalue weighted by Crippen LogP contribution is -2.26. The fourth-order valence-corrected chi connectivity index (χ4v) is 4.36. The van der Waals surface area contributed by atoms with Gasteiger partial charge in [-0.3, -0.25) is 4.79 Å². The van der Waals surface area contributed by atoms with Crippen molar-refractivity contribution in [3.05, 3.63) is 59.2 Å². The third kappa shape index (κ3) is 5.46. The predicted molar refractivity (Wildman–Crippen MR) is 114 cm³/mol.